The molecule has 0 unspecified atom stereocenters. The Morgan fingerprint density at radius 3 is 2.50 bits per heavy atom. The lowest BCUT2D eigenvalue weighted by molar-refractivity contribution is 0.102. The van der Waals surface area contributed by atoms with E-state index in [0.717, 1.165) is 10.9 Å². The fraction of sp³-hybridized carbons (Fsp3) is 0.278. The summed E-state index contributed by atoms with van der Waals surface area (Å²) < 4.78 is 17.0. The standard InChI is InChI=1S/C18H20BrNO4/c1-4-9-24-16-7-5-12(19)10-14(16)18(21)20-15-11-13(22-2)6-8-17(15)23-3/h5-8,10-11H,4,9H2,1-3H3,(H,20,21). The maximum Gasteiger partial charge on any atom is 0.259 e. The van der Waals surface area contributed by atoms with Gasteiger partial charge in [-0.2, -0.15) is 0 Å². The van der Waals surface area contributed by atoms with Gasteiger partial charge in [-0.1, -0.05) is 22.9 Å². The topological polar surface area (TPSA) is 56.8 Å². The van der Waals surface area contributed by atoms with Crippen LogP contribution in [0.15, 0.2) is 40.9 Å². The van der Waals surface area contributed by atoms with Gasteiger partial charge in [0.1, 0.15) is 17.2 Å². The summed E-state index contributed by atoms with van der Waals surface area (Å²) >= 11 is 3.39. The summed E-state index contributed by atoms with van der Waals surface area (Å²) in [4.78, 5) is 12.7. The Bertz CT molecular complexity index is 718. The molecule has 2 aromatic rings. The summed E-state index contributed by atoms with van der Waals surface area (Å²) in [5.41, 5.74) is 0.978. The van der Waals surface area contributed by atoms with Crippen molar-refractivity contribution < 1.29 is 19.0 Å². The molecule has 0 bridgehead atoms. The molecule has 0 saturated heterocycles. The van der Waals surface area contributed by atoms with Crippen LogP contribution in [0.2, 0.25) is 0 Å². The van der Waals surface area contributed by atoms with E-state index in [4.69, 9.17) is 14.2 Å². The molecule has 0 saturated carbocycles. The molecule has 0 aliphatic carbocycles. The molecule has 0 atom stereocenters. The molecule has 0 heterocycles. The Balaban J connectivity index is 2.31. The molecule has 0 aliphatic heterocycles. The molecule has 0 radical (unpaired) electrons. The smallest absolute Gasteiger partial charge is 0.259 e. The first kappa shape index (κ1) is 18.1. The fourth-order valence-electron chi connectivity index (χ4n) is 2.12. The minimum Gasteiger partial charge on any atom is -0.497 e. The van der Waals surface area contributed by atoms with E-state index in [1.54, 1.807) is 44.6 Å². The van der Waals surface area contributed by atoms with Gasteiger partial charge < -0.3 is 19.5 Å². The summed E-state index contributed by atoms with van der Waals surface area (Å²) in [6.45, 7) is 2.56. The van der Waals surface area contributed by atoms with Crippen LogP contribution >= 0.6 is 15.9 Å². The fourth-order valence-corrected chi connectivity index (χ4v) is 2.48. The van der Waals surface area contributed by atoms with Crippen molar-refractivity contribution in [3.8, 4) is 17.2 Å². The molecule has 6 heteroatoms. The van der Waals surface area contributed by atoms with Gasteiger partial charge in [-0.3, -0.25) is 4.79 Å². The molecule has 1 amide bonds. The van der Waals surface area contributed by atoms with Crippen LogP contribution in [0.1, 0.15) is 23.7 Å². The number of carbonyl (C=O) groups is 1. The molecule has 0 aliphatic rings. The minimum atomic E-state index is -0.283. The lowest BCUT2D eigenvalue weighted by atomic mass is 10.1. The highest BCUT2D eigenvalue weighted by atomic mass is 79.9. The zero-order chi connectivity index (χ0) is 17.5. The van der Waals surface area contributed by atoms with E-state index in [1.807, 2.05) is 13.0 Å². The van der Waals surface area contributed by atoms with Crippen LogP contribution in [0.4, 0.5) is 5.69 Å². The molecule has 24 heavy (non-hydrogen) atoms. The van der Waals surface area contributed by atoms with Crippen molar-refractivity contribution in [2.24, 2.45) is 0 Å². The van der Waals surface area contributed by atoms with Gasteiger partial charge in [0.25, 0.3) is 5.91 Å². The van der Waals surface area contributed by atoms with Gasteiger partial charge in [0.15, 0.2) is 0 Å². The number of carbonyl (C=O) groups excluding carboxylic acids is 1. The molecule has 128 valence electrons. The van der Waals surface area contributed by atoms with Crippen LogP contribution in [0.3, 0.4) is 0 Å². The highest BCUT2D eigenvalue weighted by Gasteiger charge is 2.16. The zero-order valence-electron chi connectivity index (χ0n) is 13.9. The van der Waals surface area contributed by atoms with E-state index in [1.165, 1.54) is 0 Å². The van der Waals surface area contributed by atoms with E-state index in [-0.39, 0.29) is 5.91 Å². The van der Waals surface area contributed by atoms with Crippen LogP contribution in [-0.4, -0.2) is 26.7 Å². The Morgan fingerprint density at radius 1 is 1.08 bits per heavy atom. The molecular weight excluding hydrogens is 374 g/mol. The number of nitrogens with one attached hydrogen (secondary N) is 1. The van der Waals surface area contributed by atoms with Crippen LogP contribution in [0.25, 0.3) is 0 Å². The minimum absolute atomic E-state index is 0.283. The van der Waals surface area contributed by atoms with Crippen molar-refractivity contribution >= 4 is 27.5 Å². The molecule has 0 spiro atoms. The van der Waals surface area contributed by atoms with Crippen LogP contribution in [-0.2, 0) is 0 Å². The summed E-state index contributed by atoms with van der Waals surface area (Å²) in [5.74, 6) is 1.44. The Morgan fingerprint density at radius 2 is 1.83 bits per heavy atom. The van der Waals surface area contributed by atoms with Gasteiger partial charge in [-0.05, 0) is 36.8 Å². The molecule has 5 nitrogen and oxygen atoms in total. The van der Waals surface area contributed by atoms with Gasteiger partial charge in [-0.15, -0.1) is 0 Å². The average molecular weight is 394 g/mol. The second-order valence-electron chi connectivity index (χ2n) is 5.01. The average Bonchev–Trinajstić information content (AvgIpc) is 2.60. The van der Waals surface area contributed by atoms with Gasteiger partial charge >= 0.3 is 0 Å². The normalized spacial score (nSPS) is 10.2. The largest absolute Gasteiger partial charge is 0.497 e. The quantitative estimate of drug-likeness (QED) is 0.751. The number of methoxy groups -OCH3 is 2. The SMILES string of the molecule is CCCOc1ccc(Br)cc1C(=O)Nc1cc(OC)ccc1OC. The van der Waals surface area contributed by atoms with Crippen molar-refractivity contribution in [1.29, 1.82) is 0 Å². The van der Waals surface area contributed by atoms with Gasteiger partial charge in [0.05, 0.1) is 32.1 Å². The molecule has 0 fully saturated rings. The van der Waals surface area contributed by atoms with Gasteiger partial charge in [-0.25, -0.2) is 0 Å². The maximum atomic E-state index is 12.7. The maximum absolute atomic E-state index is 12.7. The first-order valence-electron chi connectivity index (χ1n) is 7.54. The monoisotopic (exact) mass is 393 g/mol. The number of ether oxygens (including phenoxy) is 3. The van der Waals surface area contributed by atoms with E-state index < -0.39 is 0 Å². The van der Waals surface area contributed by atoms with Gasteiger partial charge in [0.2, 0.25) is 0 Å². The van der Waals surface area contributed by atoms with Crippen molar-refractivity contribution in [3.63, 3.8) is 0 Å². The third-order valence-corrected chi connectivity index (χ3v) is 3.80. The first-order valence-corrected chi connectivity index (χ1v) is 8.34. The van der Waals surface area contributed by atoms with Crippen molar-refractivity contribution in [1.82, 2.24) is 0 Å². The molecule has 2 aromatic carbocycles. The number of hydrogen-bond donors (Lipinski definition) is 1. The zero-order valence-corrected chi connectivity index (χ0v) is 15.5. The van der Waals surface area contributed by atoms with Crippen molar-refractivity contribution in [3.05, 3.63) is 46.4 Å². The lowest BCUT2D eigenvalue weighted by Gasteiger charge is -2.14. The summed E-state index contributed by atoms with van der Waals surface area (Å²) in [6.07, 6.45) is 0.862. The second-order valence-corrected chi connectivity index (χ2v) is 5.92. The molecular formula is C18H20BrNO4. The Hall–Kier alpha value is -2.21. The van der Waals surface area contributed by atoms with Crippen LogP contribution in [0.5, 0.6) is 17.2 Å². The Kier molecular flexibility index (Phi) is 6.49. The highest BCUT2D eigenvalue weighted by Crippen LogP contribution is 2.31. The Labute approximate surface area is 150 Å². The van der Waals surface area contributed by atoms with E-state index >= 15 is 0 Å². The van der Waals surface area contributed by atoms with E-state index in [2.05, 4.69) is 21.2 Å². The van der Waals surface area contributed by atoms with Crippen LogP contribution < -0.4 is 19.5 Å². The third kappa shape index (κ3) is 4.41. The van der Waals surface area contributed by atoms with Crippen molar-refractivity contribution in [2.75, 3.05) is 26.1 Å². The van der Waals surface area contributed by atoms with E-state index in [0.29, 0.717) is 35.1 Å². The second kappa shape index (κ2) is 8.59. The summed E-state index contributed by atoms with van der Waals surface area (Å²) in [6, 6.07) is 10.6. The molecule has 2 rings (SSSR count). The predicted octanol–water partition coefficient (Wildman–Crippen LogP) is 4.51. The first-order chi connectivity index (χ1) is 11.6. The van der Waals surface area contributed by atoms with Crippen molar-refractivity contribution in [2.45, 2.75) is 13.3 Å². The number of hydrogen-bond acceptors (Lipinski definition) is 4. The summed E-state index contributed by atoms with van der Waals surface area (Å²) in [7, 11) is 3.12. The molecule has 0 aromatic heterocycles. The number of rotatable bonds is 7. The molecule has 1 N–H and O–H groups in total. The van der Waals surface area contributed by atoms with E-state index in [9.17, 15) is 4.79 Å². The number of benzene rings is 2. The lowest BCUT2D eigenvalue weighted by Crippen LogP contribution is -2.14. The number of amides is 1. The predicted molar refractivity (Wildman–Crippen MR) is 97.4 cm³/mol. The number of anilines is 1. The highest BCUT2D eigenvalue weighted by molar-refractivity contribution is 9.10. The van der Waals surface area contributed by atoms with Crippen LogP contribution in [0, 0.1) is 0 Å². The van der Waals surface area contributed by atoms with Gasteiger partial charge in [0, 0.05) is 10.5 Å². The third-order valence-electron chi connectivity index (χ3n) is 3.30. The number of halogens is 1. The summed E-state index contributed by atoms with van der Waals surface area (Å²) in [5, 5.41) is 2.85.